The summed E-state index contributed by atoms with van der Waals surface area (Å²) >= 11 is 0. The molecule has 1 rings (SSSR count). The molecular formula is C18H30O2. The Hall–Kier alpha value is -1.02. The molecule has 0 radical (unpaired) electrons. The lowest BCUT2D eigenvalue weighted by Crippen LogP contribution is -2.20. The maximum atomic E-state index is 9.03. The van der Waals surface area contributed by atoms with Crippen molar-refractivity contribution in [3.05, 3.63) is 29.3 Å². The average molecular weight is 278 g/mol. The van der Waals surface area contributed by atoms with Crippen molar-refractivity contribution in [2.24, 2.45) is 0 Å². The molecule has 114 valence electrons. The molecule has 0 atom stereocenters. The summed E-state index contributed by atoms with van der Waals surface area (Å²) in [5.41, 5.74) is 2.75. The molecule has 0 saturated heterocycles. The zero-order chi connectivity index (χ0) is 15.4. The van der Waals surface area contributed by atoms with Crippen LogP contribution in [0.1, 0.15) is 65.5 Å². The van der Waals surface area contributed by atoms with Crippen LogP contribution in [0.5, 0.6) is 5.75 Å². The normalized spacial score (nSPS) is 12.6. The Morgan fingerprint density at radius 3 is 2.10 bits per heavy atom. The van der Waals surface area contributed by atoms with E-state index in [-0.39, 0.29) is 17.4 Å². The highest BCUT2D eigenvalue weighted by molar-refractivity contribution is 5.44. The van der Waals surface area contributed by atoms with Crippen molar-refractivity contribution in [3.63, 3.8) is 0 Å². The van der Waals surface area contributed by atoms with Crippen LogP contribution < -0.4 is 4.74 Å². The Bertz CT molecular complexity index is 433. The van der Waals surface area contributed by atoms with E-state index in [1.165, 1.54) is 11.1 Å². The first-order chi connectivity index (χ1) is 9.28. The van der Waals surface area contributed by atoms with Crippen molar-refractivity contribution in [2.45, 2.75) is 65.2 Å². The lowest BCUT2D eigenvalue weighted by molar-refractivity contribution is 0.198. The highest BCUT2D eigenvalue weighted by Crippen LogP contribution is 2.38. The van der Waals surface area contributed by atoms with Gasteiger partial charge in [0.2, 0.25) is 0 Å². The predicted octanol–water partition coefficient (Wildman–Crippen LogP) is 4.43. The lowest BCUT2D eigenvalue weighted by atomic mass is 9.77. The van der Waals surface area contributed by atoms with Crippen LogP contribution in [0.4, 0.5) is 0 Å². The summed E-state index contributed by atoms with van der Waals surface area (Å²) in [4.78, 5) is 0. The number of ether oxygens (including phenoxy) is 1. The van der Waals surface area contributed by atoms with Crippen molar-refractivity contribution in [1.29, 1.82) is 0 Å². The molecule has 2 nitrogen and oxygen atoms in total. The average Bonchev–Trinajstić information content (AvgIpc) is 2.44. The number of hydrogen-bond acceptors (Lipinski definition) is 2. The number of hydrogen-bond donors (Lipinski definition) is 1. The molecule has 0 heterocycles. The molecular weight excluding hydrogens is 248 g/mol. The first-order valence-electron chi connectivity index (χ1n) is 7.67. The van der Waals surface area contributed by atoms with Gasteiger partial charge in [-0.3, -0.25) is 0 Å². The Labute approximate surface area is 124 Å². The van der Waals surface area contributed by atoms with Gasteiger partial charge < -0.3 is 9.84 Å². The lowest BCUT2D eigenvalue weighted by Gasteiger charge is -2.29. The molecule has 1 N–H and O–H groups in total. The molecule has 20 heavy (non-hydrogen) atoms. The first-order valence-corrected chi connectivity index (χ1v) is 7.67. The molecule has 0 aromatic heterocycles. The summed E-state index contributed by atoms with van der Waals surface area (Å²) in [5.74, 6) is 0.921. The van der Waals surface area contributed by atoms with Crippen LogP contribution in [0.2, 0.25) is 0 Å². The van der Waals surface area contributed by atoms with Crippen LogP contribution in [0.3, 0.4) is 0 Å². The maximum Gasteiger partial charge on any atom is 0.123 e. The fourth-order valence-corrected chi connectivity index (χ4v) is 2.17. The standard InChI is InChI=1S/C18H30O2/c1-7-17(3,4)14-9-10-15(18(5,6)8-2)16(13-14)20-12-11-19/h9-10,13,19H,7-8,11-12H2,1-6H3. The van der Waals surface area contributed by atoms with Gasteiger partial charge in [0, 0.05) is 0 Å². The maximum absolute atomic E-state index is 9.03. The molecule has 0 amide bonds. The van der Waals surface area contributed by atoms with Crippen molar-refractivity contribution in [1.82, 2.24) is 0 Å². The Balaban J connectivity index is 3.26. The van der Waals surface area contributed by atoms with Crippen LogP contribution in [-0.2, 0) is 10.8 Å². The van der Waals surface area contributed by atoms with Crippen molar-refractivity contribution in [3.8, 4) is 5.75 Å². The second-order valence-corrected chi connectivity index (χ2v) is 6.76. The van der Waals surface area contributed by atoms with Gasteiger partial charge in [0.05, 0.1) is 6.61 Å². The Kier molecular flexibility index (Phi) is 5.64. The van der Waals surface area contributed by atoms with E-state index in [1.807, 2.05) is 0 Å². The topological polar surface area (TPSA) is 29.5 Å². The first kappa shape index (κ1) is 17.0. The van der Waals surface area contributed by atoms with E-state index in [9.17, 15) is 0 Å². The highest BCUT2D eigenvalue weighted by Gasteiger charge is 2.25. The van der Waals surface area contributed by atoms with Gasteiger partial charge in [0.1, 0.15) is 12.4 Å². The fraction of sp³-hybridized carbons (Fsp3) is 0.667. The van der Waals surface area contributed by atoms with E-state index in [0.29, 0.717) is 6.61 Å². The zero-order valence-corrected chi connectivity index (χ0v) is 13.9. The van der Waals surface area contributed by atoms with Crippen LogP contribution in [0.15, 0.2) is 18.2 Å². The van der Waals surface area contributed by atoms with E-state index in [2.05, 4.69) is 59.7 Å². The summed E-state index contributed by atoms with van der Waals surface area (Å²) in [6.07, 6.45) is 2.14. The van der Waals surface area contributed by atoms with Gasteiger partial charge in [-0.25, -0.2) is 0 Å². The molecule has 0 saturated carbocycles. The molecule has 2 heteroatoms. The summed E-state index contributed by atoms with van der Waals surface area (Å²) in [6, 6.07) is 6.58. The van der Waals surface area contributed by atoms with Gasteiger partial charge >= 0.3 is 0 Å². The Morgan fingerprint density at radius 2 is 1.60 bits per heavy atom. The van der Waals surface area contributed by atoms with E-state index >= 15 is 0 Å². The molecule has 0 fully saturated rings. The number of aliphatic hydroxyl groups excluding tert-OH is 1. The molecule has 0 bridgehead atoms. The third kappa shape index (κ3) is 3.76. The molecule has 0 aliphatic heterocycles. The van der Waals surface area contributed by atoms with E-state index < -0.39 is 0 Å². The summed E-state index contributed by atoms with van der Waals surface area (Å²) in [7, 11) is 0. The largest absolute Gasteiger partial charge is 0.491 e. The molecule has 0 spiro atoms. The minimum Gasteiger partial charge on any atom is -0.491 e. The van der Waals surface area contributed by atoms with Gasteiger partial charge in [-0.05, 0) is 40.9 Å². The van der Waals surface area contributed by atoms with E-state index in [0.717, 1.165) is 18.6 Å². The molecule has 1 aromatic rings. The smallest absolute Gasteiger partial charge is 0.123 e. The second kappa shape index (κ2) is 6.62. The molecule has 0 aliphatic carbocycles. The third-order valence-electron chi connectivity index (χ3n) is 4.61. The SMILES string of the molecule is CCC(C)(C)c1ccc(C(C)(C)CC)c(OCCO)c1. The van der Waals surface area contributed by atoms with Crippen LogP contribution in [0, 0.1) is 0 Å². The number of aliphatic hydroxyl groups is 1. The van der Waals surface area contributed by atoms with Crippen molar-refractivity contribution < 1.29 is 9.84 Å². The van der Waals surface area contributed by atoms with Gasteiger partial charge in [-0.1, -0.05) is 53.7 Å². The van der Waals surface area contributed by atoms with Crippen LogP contribution in [-0.4, -0.2) is 18.3 Å². The van der Waals surface area contributed by atoms with Gasteiger partial charge in [0.25, 0.3) is 0 Å². The van der Waals surface area contributed by atoms with Crippen molar-refractivity contribution >= 4 is 0 Å². The predicted molar refractivity (Wildman–Crippen MR) is 85.7 cm³/mol. The van der Waals surface area contributed by atoms with Crippen LogP contribution >= 0.6 is 0 Å². The number of rotatable bonds is 7. The second-order valence-electron chi connectivity index (χ2n) is 6.76. The van der Waals surface area contributed by atoms with E-state index in [4.69, 9.17) is 9.84 Å². The molecule has 0 unspecified atom stereocenters. The van der Waals surface area contributed by atoms with Crippen LogP contribution in [0.25, 0.3) is 0 Å². The molecule has 0 aliphatic rings. The fourth-order valence-electron chi connectivity index (χ4n) is 2.17. The molecule has 1 aromatic carbocycles. The Morgan fingerprint density at radius 1 is 1.00 bits per heavy atom. The summed E-state index contributed by atoms with van der Waals surface area (Å²) in [6.45, 7) is 13.8. The minimum absolute atomic E-state index is 0.0490. The minimum atomic E-state index is 0.0490. The van der Waals surface area contributed by atoms with Crippen molar-refractivity contribution in [2.75, 3.05) is 13.2 Å². The van der Waals surface area contributed by atoms with Gasteiger partial charge in [-0.15, -0.1) is 0 Å². The third-order valence-corrected chi connectivity index (χ3v) is 4.61. The van der Waals surface area contributed by atoms with E-state index in [1.54, 1.807) is 0 Å². The quantitative estimate of drug-likeness (QED) is 0.799. The summed E-state index contributed by atoms with van der Waals surface area (Å²) < 4.78 is 5.80. The van der Waals surface area contributed by atoms with Gasteiger partial charge in [0.15, 0.2) is 0 Å². The van der Waals surface area contributed by atoms with Gasteiger partial charge in [-0.2, -0.15) is 0 Å². The highest BCUT2D eigenvalue weighted by atomic mass is 16.5. The summed E-state index contributed by atoms with van der Waals surface area (Å²) in [5, 5.41) is 9.03. The zero-order valence-electron chi connectivity index (χ0n) is 13.9. The monoisotopic (exact) mass is 278 g/mol. The number of benzene rings is 1.